The van der Waals surface area contributed by atoms with Crippen LogP contribution < -0.4 is 10.6 Å². The Morgan fingerprint density at radius 2 is 1.52 bits per heavy atom. The molecule has 0 aromatic rings. The van der Waals surface area contributed by atoms with Crippen molar-refractivity contribution >= 4 is 29.9 Å². The van der Waals surface area contributed by atoms with Crippen LogP contribution in [0, 0.1) is 0 Å². The first-order chi connectivity index (χ1) is 13.5. The average Bonchev–Trinajstić information content (AvgIpc) is 2.67. The zero-order valence-corrected chi connectivity index (χ0v) is 22.4. The van der Waals surface area contributed by atoms with E-state index in [4.69, 9.17) is 4.99 Å². The minimum atomic E-state index is 0. The number of hydrogen-bond acceptors (Lipinski definition) is 4. The third-order valence-electron chi connectivity index (χ3n) is 5.62. The highest BCUT2D eigenvalue weighted by Gasteiger charge is 2.14. The molecule has 7 heteroatoms. The number of nitrogens with one attached hydrogen (secondary N) is 2. The molecule has 2 N–H and O–H groups in total. The molecular weight excluding hydrogens is 475 g/mol. The zero-order valence-electron chi connectivity index (χ0n) is 20.0. The summed E-state index contributed by atoms with van der Waals surface area (Å²) in [7, 11) is 0. The molecule has 0 aromatic heterocycles. The average molecular weight is 525 g/mol. The van der Waals surface area contributed by atoms with Gasteiger partial charge in [-0.25, -0.2) is 0 Å². The monoisotopic (exact) mass is 524 g/mol. The first-order valence-electron chi connectivity index (χ1n) is 11.7. The number of hydrogen-bond donors (Lipinski definition) is 2. The summed E-state index contributed by atoms with van der Waals surface area (Å²) >= 11 is 0. The van der Waals surface area contributed by atoms with Crippen LogP contribution in [0.4, 0.5) is 0 Å². The molecule has 1 aliphatic heterocycles. The van der Waals surface area contributed by atoms with Crippen LogP contribution in [-0.4, -0.2) is 98.2 Å². The van der Waals surface area contributed by atoms with Gasteiger partial charge in [-0.05, 0) is 67.0 Å². The standard InChI is InChI=1S/C22H48N6.HI/c1-7-23-22(25-13-11-15-28(20(3)4)21(5)6)24-12-9-10-14-27-18-16-26(8-2)17-19-27;/h20-21H,7-19H2,1-6H3,(H2,23,24,25);1H. The van der Waals surface area contributed by atoms with Gasteiger partial charge < -0.3 is 20.4 Å². The Hall–Kier alpha value is -0.120. The number of piperazine rings is 1. The summed E-state index contributed by atoms with van der Waals surface area (Å²) in [6.45, 7) is 24.8. The highest BCUT2D eigenvalue weighted by molar-refractivity contribution is 14.0. The molecule has 0 aliphatic carbocycles. The summed E-state index contributed by atoms with van der Waals surface area (Å²) < 4.78 is 0. The van der Waals surface area contributed by atoms with Crippen molar-refractivity contribution in [2.75, 3.05) is 65.4 Å². The van der Waals surface area contributed by atoms with Gasteiger partial charge in [-0.2, -0.15) is 0 Å². The van der Waals surface area contributed by atoms with Crippen molar-refractivity contribution in [2.24, 2.45) is 4.99 Å². The summed E-state index contributed by atoms with van der Waals surface area (Å²) in [5.74, 6) is 0.972. The fourth-order valence-electron chi connectivity index (χ4n) is 3.89. The maximum atomic E-state index is 4.76. The van der Waals surface area contributed by atoms with Crippen LogP contribution in [0.1, 0.15) is 60.8 Å². The van der Waals surface area contributed by atoms with Gasteiger partial charge in [0.1, 0.15) is 0 Å². The molecule has 0 atom stereocenters. The van der Waals surface area contributed by atoms with Crippen LogP contribution >= 0.6 is 24.0 Å². The molecule has 6 nitrogen and oxygen atoms in total. The van der Waals surface area contributed by atoms with E-state index in [-0.39, 0.29) is 24.0 Å². The normalized spacial score (nSPS) is 16.5. The smallest absolute Gasteiger partial charge is 0.191 e. The SMILES string of the molecule is CCNC(=NCCCN(C(C)C)C(C)C)NCCCCN1CCN(CC)CC1.I. The fourth-order valence-corrected chi connectivity index (χ4v) is 3.89. The maximum Gasteiger partial charge on any atom is 0.191 e. The summed E-state index contributed by atoms with van der Waals surface area (Å²) in [6.07, 6.45) is 3.57. The van der Waals surface area contributed by atoms with Crippen molar-refractivity contribution in [3.05, 3.63) is 0 Å². The minimum absolute atomic E-state index is 0. The Labute approximate surface area is 198 Å². The molecule has 0 saturated carbocycles. The van der Waals surface area contributed by atoms with Gasteiger partial charge in [0.25, 0.3) is 0 Å². The van der Waals surface area contributed by atoms with E-state index in [0.29, 0.717) is 12.1 Å². The number of unbranched alkanes of at least 4 members (excludes halogenated alkanes) is 1. The lowest BCUT2D eigenvalue weighted by atomic mass is 10.2. The summed E-state index contributed by atoms with van der Waals surface area (Å²) in [4.78, 5) is 12.5. The molecule has 0 aromatic carbocycles. The lowest BCUT2D eigenvalue weighted by molar-refractivity contribution is 0.136. The molecule has 1 saturated heterocycles. The second kappa shape index (κ2) is 17.5. The van der Waals surface area contributed by atoms with E-state index in [1.165, 1.54) is 52.1 Å². The van der Waals surface area contributed by atoms with E-state index < -0.39 is 0 Å². The molecule has 0 unspecified atom stereocenters. The Morgan fingerprint density at radius 3 is 2.07 bits per heavy atom. The molecular formula is C22H49IN6. The van der Waals surface area contributed by atoms with Gasteiger partial charge in [0.05, 0.1) is 0 Å². The van der Waals surface area contributed by atoms with E-state index in [9.17, 15) is 0 Å². The van der Waals surface area contributed by atoms with E-state index in [1.807, 2.05) is 0 Å². The third kappa shape index (κ3) is 13.0. The van der Waals surface area contributed by atoms with E-state index in [0.717, 1.165) is 38.6 Å². The number of guanidine groups is 1. The topological polar surface area (TPSA) is 46.1 Å². The number of aliphatic imine (C=N–C) groups is 1. The molecule has 1 fully saturated rings. The predicted octanol–water partition coefficient (Wildman–Crippen LogP) is 3.09. The predicted molar refractivity (Wildman–Crippen MR) is 139 cm³/mol. The van der Waals surface area contributed by atoms with Crippen LogP contribution in [0.15, 0.2) is 4.99 Å². The van der Waals surface area contributed by atoms with Gasteiger partial charge in [0.2, 0.25) is 0 Å². The third-order valence-corrected chi connectivity index (χ3v) is 5.62. The Morgan fingerprint density at radius 1 is 0.897 bits per heavy atom. The highest BCUT2D eigenvalue weighted by Crippen LogP contribution is 2.06. The number of rotatable bonds is 13. The Bertz CT molecular complexity index is 400. The molecule has 0 radical (unpaired) electrons. The maximum absolute atomic E-state index is 4.76. The minimum Gasteiger partial charge on any atom is -0.357 e. The second-order valence-electron chi connectivity index (χ2n) is 8.45. The van der Waals surface area contributed by atoms with Crippen molar-refractivity contribution in [1.82, 2.24) is 25.3 Å². The van der Waals surface area contributed by atoms with Crippen molar-refractivity contribution in [1.29, 1.82) is 0 Å². The van der Waals surface area contributed by atoms with Crippen LogP contribution in [0.25, 0.3) is 0 Å². The number of nitrogens with zero attached hydrogens (tertiary/aromatic N) is 4. The lowest BCUT2D eigenvalue weighted by Gasteiger charge is -2.34. The van der Waals surface area contributed by atoms with Gasteiger partial charge >= 0.3 is 0 Å². The first-order valence-corrected chi connectivity index (χ1v) is 11.7. The summed E-state index contributed by atoms with van der Waals surface area (Å²) in [5, 5.41) is 6.88. The van der Waals surface area contributed by atoms with Crippen LogP contribution in [0.5, 0.6) is 0 Å². The number of halogens is 1. The molecule has 1 rings (SSSR count). The number of likely N-dealkylation sites (N-methyl/N-ethyl adjacent to an activating group) is 1. The van der Waals surface area contributed by atoms with Crippen LogP contribution in [0.2, 0.25) is 0 Å². The van der Waals surface area contributed by atoms with Gasteiger partial charge in [-0.3, -0.25) is 9.89 Å². The summed E-state index contributed by atoms with van der Waals surface area (Å²) in [5.41, 5.74) is 0. The van der Waals surface area contributed by atoms with Crippen LogP contribution in [-0.2, 0) is 0 Å². The first kappa shape index (κ1) is 28.9. The van der Waals surface area contributed by atoms with Crippen molar-refractivity contribution in [2.45, 2.75) is 72.9 Å². The molecule has 29 heavy (non-hydrogen) atoms. The molecule has 1 aliphatic rings. The molecule has 1 heterocycles. The summed E-state index contributed by atoms with van der Waals surface area (Å²) in [6, 6.07) is 1.19. The lowest BCUT2D eigenvalue weighted by Crippen LogP contribution is -2.46. The van der Waals surface area contributed by atoms with Gasteiger partial charge in [0, 0.05) is 64.4 Å². The van der Waals surface area contributed by atoms with Gasteiger partial charge in [0.15, 0.2) is 5.96 Å². The Balaban J connectivity index is 0.00000784. The van der Waals surface area contributed by atoms with Crippen molar-refractivity contribution in [3.8, 4) is 0 Å². The molecule has 174 valence electrons. The molecule has 0 amide bonds. The quantitative estimate of drug-likeness (QED) is 0.168. The fraction of sp³-hybridized carbons (Fsp3) is 0.955. The van der Waals surface area contributed by atoms with Crippen molar-refractivity contribution < 1.29 is 0 Å². The van der Waals surface area contributed by atoms with E-state index in [1.54, 1.807) is 0 Å². The highest BCUT2D eigenvalue weighted by atomic mass is 127. The van der Waals surface area contributed by atoms with Crippen molar-refractivity contribution in [3.63, 3.8) is 0 Å². The van der Waals surface area contributed by atoms with E-state index in [2.05, 4.69) is 66.9 Å². The largest absolute Gasteiger partial charge is 0.357 e. The molecule has 0 spiro atoms. The zero-order chi connectivity index (χ0) is 20.8. The van der Waals surface area contributed by atoms with E-state index >= 15 is 0 Å². The van der Waals surface area contributed by atoms with Gasteiger partial charge in [-0.1, -0.05) is 6.92 Å². The Kier molecular flexibility index (Phi) is 17.5. The van der Waals surface area contributed by atoms with Gasteiger partial charge in [-0.15, -0.1) is 24.0 Å². The second-order valence-corrected chi connectivity index (χ2v) is 8.45. The van der Waals surface area contributed by atoms with Crippen LogP contribution in [0.3, 0.4) is 0 Å². The molecule has 0 bridgehead atoms.